The summed E-state index contributed by atoms with van der Waals surface area (Å²) in [6.45, 7) is 8.04. The topological polar surface area (TPSA) is 88.4 Å². The zero-order valence-corrected chi connectivity index (χ0v) is 13.8. The van der Waals surface area contributed by atoms with Gasteiger partial charge in [0.1, 0.15) is 10.6 Å². The minimum atomic E-state index is -3.73. The minimum absolute atomic E-state index is 0.00137. The van der Waals surface area contributed by atoms with Gasteiger partial charge in [-0.1, -0.05) is 20.8 Å². The fourth-order valence-electron chi connectivity index (χ4n) is 2.01. The number of nitrogens with zero attached hydrogens (tertiary/aromatic N) is 1. The molecule has 0 bridgehead atoms. The Morgan fingerprint density at radius 3 is 2.33 bits per heavy atom. The number of sulfonamides is 1. The fraction of sp³-hybridized carbons (Fsp3) is 0.643. The highest BCUT2D eigenvalue weighted by molar-refractivity contribution is 7.89. The molecule has 0 unspecified atom stereocenters. The highest BCUT2D eigenvalue weighted by atomic mass is 32.2. The van der Waals surface area contributed by atoms with Gasteiger partial charge >= 0.3 is 5.97 Å². The average Bonchev–Trinajstić information content (AvgIpc) is 2.83. The third kappa shape index (κ3) is 4.07. The van der Waals surface area contributed by atoms with Crippen LogP contribution in [0.2, 0.25) is 0 Å². The van der Waals surface area contributed by atoms with Crippen molar-refractivity contribution in [3.05, 3.63) is 18.0 Å². The highest BCUT2D eigenvalue weighted by Crippen LogP contribution is 2.21. The van der Waals surface area contributed by atoms with Crippen LogP contribution in [-0.4, -0.2) is 29.6 Å². The van der Waals surface area contributed by atoms with E-state index in [2.05, 4.69) is 4.72 Å². The van der Waals surface area contributed by atoms with Crippen LogP contribution in [0.25, 0.3) is 0 Å². The number of aryl methyl sites for hydroxylation is 1. The number of nitrogens with one attached hydrogen (secondary N) is 1. The van der Waals surface area contributed by atoms with Gasteiger partial charge in [0.05, 0.1) is 0 Å². The molecule has 1 heterocycles. The van der Waals surface area contributed by atoms with Gasteiger partial charge in [-0.3, -0.25) is 0 Å². The van der Waals surface area contributed by atoms with Crippen molar-refractivity contribution < 1.29 is 18.3 Å². The Bertz CT molecular complexity index is 600. The first-order chi connectivity index (χ1) is 9.69. The molecule has 0 aliphatic heterocycles. The monoisotopic (exact) mass is 316 g/mol. The van der Waals surface area contributed by atoms with Gasteiger partial charge in [0.25, 0.3) is 0 Å². The number of hydrogen-bond acceptors (Lipinski definition) is 3. The Kier molecular flexibility index (Phi) is 5.58. The van der Waals surface area contributed by atoms with E-state index in [1.54, 1.807) is 0 Å². The summed E-state index contributed by atoms with van der Waals surface area (Å²) < 4.78 is 29.0. The van der Waals surface area contributed by atoms with Crippen molar-refractivity contribution in [1.29, 1.82) is 0 Å². The van der Waals surface area contributed by atoms with Gasteiger partial charge in [-0.25, -0.2) is 17.9 Å². The number of hydrogen-bond donors (Lipinski definition) is 2. The van der Waals surface area contributed by atoms with Crippen LogP contribution in [0.1, 0.15) is 57.4 Å². The molecule has 0 radical (unpaired) electrons. The largest absolute Gasteiger partial charge is 0.477 e. The van der Waals surface area contributed by atoms with Crippen molar-refractivity contribution in [2.75, 3.05) is 0 Å². The van der Waals surface area contributed by atoms with Crippen LogP contribution in [0.15, 0.2) is 17.2 Å². The second-order valence-electron chi connectivity index (χ2n) is 5.43. The summed E-state index contributed by atoms with van der Waals surface area (Å²) in [6.07, 6.45) is 3.43. The molecule has 1 rings (SSSR count). The third-order valence-electron chi connectivity index (χ3n) is 3.81. The van der Waals surface area contributed by atoms with E-state index in [4.69, 9.17) is 5.11 Å². The van der Waals surface area contributed by atoms with Gasteiger partial charge in [0.15, 0.2) is 0 Å². The van der Waals surface area contributed by atoms with Crippen molar-refractivity contribution in [2.45, 2.75) is 63.9 Å². The molecular weight excluding hydrogens is 292 g/mol. The van der Waals surface area contributed by atoms with Crippen molar-refractivity contribution in [2.24, 2.45) is 0 Å². The molecular formula is C14H24N2O4S. The van der Waals surface area contributed by atoms with E-state index in [9.17, 15) is 13.2 Å². The van der Waals surface area contributed by atoms with Gasteiger partial charge in [-0.05, 0) is 32.3 Å². The molecule has 21 heavy (non-hydrogen) atoms. The zero-order valence-electron chi connectivity index (χ0n) is 13.0. The third-order valence-corrected chi connectivity index (χ3v) is 5.41. The lowest BCUT2D eigenvalue weighted by molar-refractivity contribution is 0.0685. The Morgan fingerprint density at radius 2 is 1.90 bits per heavy atom. The average molecular weight is 316 g/mol. The summed E-state index contributed by atoms with van der Waals surface area (Å²) >= 11 is 0. The SMILES string of the molecule is CCCn1cc(S(=O)(=O)NC(C)(CC)CC)cc1C(=O)O. The highest BCUT2D eigenvalue weighted by Gasteiger charge is 2.29. The maximum Gasteiger partial charge on any atom is 0.352 e. The number of carboxylic acid groups (broad SMARTS) is 1. The van der Waals surface area contributed by atoms with Crippen LogP contribution in [0, 0.1) is 0 Å². The molecule has 0 aliphatic carbocycles. The molecule has 1 aromatic rings. The first kappa shape index (κ1) is 17.7. The molecule has 120 valence electrons. The van der Waals surface area contributed by atoms with Crippen molar-refractivity contribution >= 4 is 16.0 Å². The fourth-order valence-corrected chi connectivity index (χ4v) is 3.60. The summed E-state index contributed by atoms with van der Waals surface area (Å²) in [7, 11) is -3.73. The van der Waals surface area contributed by atoms with Gasteiger partial charge in [-0.15, -0.1) is 0 Å². The van der Waals surface area contributed by atoms with Crippen LogP contribution < -0.4 is 4.72 Å². The molecule has 7 heteroatoms. The minimum Gasteiger partial charge on any atom is -0.477 e. The van der Waals surface area contributed by atoms with Crippen LogP contribution in [0.3, 0.4) is 0 Å². The van der Waals surface area contributed by atoms with E-state index in [-0.39, 0.29) is 10.6 Å². The molecule has 0 aromatic carbocycles. The maximum absolute atomic E-state index is 12.4. The molecule has 2 N–H and O–H groups in total. The molecule has 0 atom stereocenters. The Morgan fingerprint density at radius 1 is 1.33 bits per heavy atom. The second kappa shape index (κ2) is 6.62. The Labute approximate surface area is 126 Å². The van der Waals surface area contributed by atoms with E-state index in [1.807, 2.05) is 27.7 Å². The van der Waals surface area contributed by atoms with Crippen LogP contribution in [0.5, 0.6) is 0 Å². The van der Waals surface area contributed by atoms with E-state index in [0.717, 1.165) is 6.42 Å². The van der Waals surface area contributed by atoms with Gasteiger partial charge < -0.3 is 9.67 Å². The molecule has 0 saturated heterocycles. The summed E-state index contributed by atoms with van der Waals surface area (Å²) in [5.41, 5.74) is -0.540. The Balaban J connectivity index is 3.20. The van der Waals surface area contributed by atoms with E-state index in [1.165, 1.54) is 16.8 Å². The Hall–Kier alpha value is -1.34. The standard InChI is InChI=1S/C14H24N2O4S/c1-5-8-16-10-11(9-12(16)13(17)18)21(19,20)15-14(4,6-2)7-3/h9-10,15H,5-8H2,1-4H3,(H,17,18). The smallest absolute Gasteiger partial charge is 0.352 e. The number of aromatic nitrogens is 1. The number of rotatable bonds is 8. The van der Waals surface area contributed by atoms with Crippen molar-refractivity contribution in [3.8, 4) is 0 Å². The number of carboxylic acids is 1. The van der Waals surface area contributed by atoms with E-state index < -0.39 is 21.5 Å². The zero-order chi connectivity index (χ0) is 16.3. The van der Waals surface area contributed by atoms with Crippen LogP contribution >= 0.6 is 0 Å². The maximum atomic E-state index is 12.4. The van der Waals surface area contributed by atoms with Gasteiger partial charge in [0, 0.05) is 18.3 Å². The molecule has 0 fully saturated rings. The summed E-state index contributed by atoms with van der Waals surface area (Å²) in [5, 5.41) is 9.16. The summed E-state index contributed by atoms with van der Waals surface area (Å²) in [5.74, 6) is -1.13. The number of carbonyl (C=O) groups is 1. The molecule has 6 nitrogen and oxygen atoms in total. The molecule has 0 aliphatic rings. The summed E-state index contributed by atoms with van der Waals surface area (Å²) in [6, 6.07) is 1.21. The van der Waals surface area contributed by atoms with Crippen LogP contribution in [-0.2, 0) is 16.6 Å². The first-order valence-electron chi connectivity index (χ1n) is 7.16. The predicted molar refractivity (Wildman–Crippen MR) is 81.0 cm³/mol. The first-order valence-corrected chi connectivity index (χ1v) is 8.64. The lowest BCUT2D eigenvalue weighted by Gasteiger charge is -2.27. The predicted octanol–water partition coefficient (Wildman–Crippen LogP) is 2.45. The van der Waals surface area contributed by atoms with Gasteiger partial charge in [0.2, 0.25) is 10.0 Å². The molecule has 0 spiro atoms. The van der Waals surface area contributed by atoms with E-state index in [0.29, 0.717) is 19.4 Å². The van der Waals surface area contributed by atoms with Crippen molar-refractivity contribution in [1.82, 2.24) is 9.29 Å². The van der Waals surface area contributed by atoms with Gasteiger partial charge in [-0.2, -0.15) is 0 Å². The normalized spacial score (nSPS) is 12.6. The van der Waals surface area contributed by atoms with Crippen molar-refractivity contribution in [3.63, 3.8) is 0 Å². The molecule has 0 saturated carbocycles. The van der Waals surface area contributed by atoms with E-state index >= 15 is 0 Å². The molecule has 0 amide bonds. The lowest BCUT2D eigenvalue weighted by Crippen LogP contribution is -2.44. The number of aromatic carboxylic acids is 1. The quantitative estimate of drug-likeness (QED) is 0.771. The lowest BCUT2D eigenvalue weighted by atomic mass is 9.98. The summed E-state index contributed by atoms with van der Waals surface area (Å²) in [4.78, 5) is 11.2. The van der Waals surface area contributed by atoms with Crippen LogP contribution in [0.4, 0.5) is 0 Å². The molecule has 1 aromatic heterocycles. The second-order valence-corrected chi connectivity index (χ2v) is 7.12.